The molecule has 0 aliphatic carbocycles. The summed E-state index contributed by atoms with van der Waals surface area (Å²) in [7, 11) is 0. The summed E-state index contributed by atoms with van der Waals surface area (Å²) in [6.45, 7) is 8.09. The van der Waals surface area contributed by atoms with Gasteiger partial charge in [-0.2, -0.15) is 0 Å². The molecular weight excluding hydrogens is 120 g/mol. The zero-order chi connectivity index (χ0) is 7.56. The van der Waals surface area contributed by atoms with Crippen LogP contribution in [-0.4, -0.2) is 0 Å². The molecule has 0 saturated heterocycles. The molecule has 0 amide bonds. The highest BCUT2D eigenvalue weighted by Crippen LogP contribution is 2.10. The van der Waals surface area contributed by atoms with Crippen LogP contribution in [0, 0.1) is 20.8 Å². The topological polar surface area (TPSA) is 0 Å². The van der Waals surface area contributed by atoms with E-state index >= 15 is 0 Å². The fourth-order valence-corrected chi connectivity index (χ4v) is 1.07. The third-order valence-electron chi connectivity index (χ3n) is 1.77. The lowest BCUT2D eigenvalue weighted by atomic mass is 10.0. The second kappa shape index (κ2) is 2.87. The first-order valence-corrected chi connectivity index (χ1v) is 3.59. The average molecular weight is 133 g/mol. The Bertz CT molecular complexity index is 223. The average Bonchev–Trinajstić information content (AvgIpc) is 1.94. The monoisotopic (exact) mass is 133 g/mol. The zero-order valence-corrected chi connectivity index (χ0v) is 6.65. The molecule has 1 rings (SSSR count). The van der Waals surface area contributed by atoms with Crippen molar-refractivity contribution in [2.24, 2.45) is 0 Å². The number of benzene rings is 1. The second-order valence-corrected chi connectivity index (χ2v) is 2.68. The Morgan fingerprint density at radius 2 is 2.00 bits per heavy atom. The molecule has 0 nitrogen and oxygen atoms in total. The van der Waals surface area contributed by atoms with Gasteiger partial charge >= 0.3 is 0 Å². The lowest BCUT2D eigenvalue weighted by molar-refractivity contribution is 1.19. The first kappa shape index (κ1) is 7.33. The highest BCUT2D eigenvalue weighted by Gasteiger charge is 1.93. The van der Waals surface area contributed by atoms with Gasteiger partial charge in [-0.25, -0.2) is 0 Å². The number of hydrogen-bond donors (Lipinski definition) is 0. The van der Waals surface area contributed by atoms with Gasteiger partial charge in [0.05, 0.1) is 0 Å². The maximum Gasteiger partial charge on any atom is -0.0276 e. The van der Waals surface area contributed by atoms with Crippen molar-refractivity contribution in [3.63, 3.8) is 0 Å². The van der Waals surface area contributed by atoms with E-state index in [4.69, 9.17) is 0 Å². The van der Waals surface area contributed by atoms with Gasteiger partial charge in [-0.1, -0.05) is 23.8 Å². The van der Waals surface area contributed by atoms with Crippen LogP contribution in [0.15, 0.2) is 18.2 Å². The van der Waals surface area contributed by atoms with Crippen molar-refractivity contribution in [3.05, 3.63) is 41.8 Å². The molecule has 0 fully saturated rings. The fraction of sp³-hybridized carbons (Fsp3) is 0.300. The minimum atomic E-state index is 0.896. The van der Waals surface area contributed by atoms with Crippen LogP contribution in [0.4, 0.5) is 0 Å². The van der Waals surface area contributed by atoms with Crippen molar-refractivity contribution in [2.45, 2.75) is 20.3 Å². The van der Waals surface area contributed by atoms with E-state index in [9.17, 15) is 0 Å². The van der Waals surface area contributed by atoms with E-state index in [1.165, 1.54) is 16.7 Å². The van der Waals surface area contributed by atoms with Crippen molar-refractivity contribution in [3.8, 4) is 0 Å². The first-order valence-electron chi connectivity index (χ1n) is 3.59. The van der Waals surface area contributed by atoms with Crippen LogP contribution in [0.25, 0.3) is 0 Å². The Kier molecular flexibility index (Phi) is 2.10. The van der Waals surface area contributed by atoms with Gasteiger partial charge < -0.3 is 0 Å². The maximum absolute atomic E-state index is 3.86. The minimum Gasteiger partial charge on any atom is -0.0590 e. The quantitative estimate of drug-likeness (QED) is 0.552. The maximum atomic E-state index is 3.86. The Hall–Kier alpha value is -0.780. The van der Waals surface area contributed by atoms with Crippen molar-refractivity contribution >= 4 is 0 Å². The molecule has 53 valence electrons. The molecule has 1 aromatic rings. The number of aryl methyl sites for hydroxylation is 2. The zero-order valence-electron chi connectivity index (χ0n) is 6.65. The van der Waals surface area contributed by atoms with E-state index in [1.807, 2.05) is 0 Å². The lowest BCUT2D eigenvalue weighted by Crippen LogP contribution is -1.86. The van der Waals surface area contributed by atoms with E-state index in [0.29, 0.717) is 0 Å². The van der Waals surface area contributed by atoms with Crippen LogP contribution in [0.2, 0.25) is 0 Å². The van der Waals surface area contributed by atoms with Crippen molar-refractivity contribution in [1.82, 2.24) is 0 Å². The van der Waals surface area contributed by atoms with E-state index in [1.54, 1.807) is 0 Å². The van der Waals surface area contributed by atoms with Gasteiger partial charge in [0.1, 0.15) is 0 Å². The molecule has 0 aromatic heterocycles. The Morgan fingerprint density at radius 1 is 1.30 bits per heavy atom. The van der Waals surface area contributed by atoms with E-state index in [-0.39, 0.29) is 0 Å². The van der Waals surface area contributed by atoms with Crippen molar-refractivity contribution in [1.29, 1.82) is 0 Å². The Balaban J connectivity index is 3.09. The van der Waals surface area contributed by atoms with Gasteiger partial charge in [0.25, 0.3) is 0 Å². The molecule has 0 aliphatic rings. The molecule has 0 aliphatic heterocycles. The summed E-state index contributed by atoms with van der Waals surface area (Å²) in [6.07, 6.45) is 0.896. The van der Waals surface area contributed by atoms with Crippen molar-refractivity contribution < 1.29 is 0 Å². The molecular formula is C10H13. The van der Waals surface area contributed by atoms with Gasteiger partial charge in [0.2, 0.25) is 0 Å². The van der Waals surface area contributed by atoms with Gasteiger partial charge in [-0.05, 0) is 38.3 Å². The predicted molar refractivity (Wildman–Crippen MR) is 45.0 cm³/mol. The van der Waals surface area contributed by atoms with Crippen LogP contribution in [-0.2, 0) is 6.42 Å². The Labute approximate surface area is 62.9 Å². The van der Waals surface area contributed by atoms with E-state index < -0.39 is 0 Å². The SMILES string of the molecule is [CH2]Cc1cc(C)ccc1C. The van der Waals surface area contributed by atoms with Crippen LogP contribution >= 0.6 is 0 Å². The van der Waals surface area contributed by atoms with Crippen LogP contribution in [0.3, 0.4) is 0 Å². The van der Waals surface area contributed by atoms with Crippen LogP contribution in [0.1, 0.15) is 16.7 Å². The highest BCUT2D eigenvalue weighted by molar-refractivity contribution is 5.30. The minimum absolute atomic E-state index is 0.896. The van der Waals surface area contributed by atoms with Crippen LogP contribution in [0.5, 0.6) is 0 Å². The van der Waals surface area contributed by atoms with Gasteiger partial charge in [0, 0.05) is 0 Å². The Morgan fingerprint density at radius 3 is 2.50 bits per heavy atom. The molecule has 10 heavy (non-hydrogen) atoms. The summed E-state index contributed by atoms with van der Waals surface area (Å²) in [5.74, 6) is 0. The van der Waals surface area contributed by atoms with Gasteiger partial charge in [-0.3, -0.25) is 0 Å². The molecule has 0 unspecified atom stereocenters. The summed E-state index contributed by atoms with van der Waals surface area (Å²) in [5.41, 5.74) is 4.03. The molecule has 0 bridgehead atoms. The molecule has 0 saturated carbocycles. The third kappa shape index (κ3) is 1.38. The summed E-state index contributed by atoms with van der Waals surface area (Å²) in [6, 6.07) is 6.48. The summed E-state index contributed by atoms with van der Waals surface area (Å²) < 4.78 is 0. The molecule has 0 N–H and O–H groups in total. The normalized spacial score (nSPS) is 9.90. The standard InChI is InChI=1S/C10H13/c1-4-10-7-8(2)5-6-9(10)3/h5-7H,1,4H2,2-3H3. The lowest BCUT2D eigenvalue weighted by Gasteiger charge is -2.02. The smallest absolute Gasteiger partial charge is 0.0276 e. The fourth-order valence-electron chi connectivity index (χ4n) is 1.07. The predicted octanol–water partition coefficient (Wildman–Crippen LogP) is 2.68. The van der Waals surface area contributed by atoms with E-state index in [2.05, 4.69) is 39.0 Å². The summed E-state index contributed by atoms with van der Waals surface area (Å²) in [5, 5.41) is 0. The molecule has 1 radical (unpaired) electrons. The largest absolute Gasteiger partial charge is 0.0590 e. The molecule has 1 aromatic carbocycles. The van der Waals surface area contributed by atoms with Gasteiger partial charge in [-0.15, -0.1) is 0 Å². The summed E-state index contributed by atoms with van der Waals surface area (Å²) >= 11 is 0. The van der Waals surface area contributed by atoms with Crippen LogP contribution < -0.4 is 0 Å². The molecule has 0 atom stereocenters. The molecule has 0 heterocycles. The second-order valence-electron chi connectivity index (χ2n) is 2.68. The molecule has 0 heteroatoms. The number of hydrogen-bond acceptors (Lipinski definition) is 0. The van der Waals surface area contributed by atoms with Gasteiger partial charge in [0.15, 0.2) is 0 Å². The van der Waals surface area contributed by atoms with E-state index in [0.717, 1.165) is 6.42 Å². The highest BCUT2D eigenvalue weighted by atomic mass is 14.0. The molecule has 0 spiro atoms. The first-order chi connectivity index (χ1) is 4.74. The summed E-state index contributed by atoms with van der Waals surface area (Å²) in [4.78, 5) is 0. The van der Waals surface area contributed by atoms with Crippen molar-refractivity contribution in [2.75, 3.05) is 0 Å². The third-order valence-corrected chi connectivity index (χ3v) is 1.77. The number of rotatable bonds is 1.